The SMILES string of the molecule is O=C1SC2C(CCC3CCCCC32)C(O)=C1C=CC=C/C=C1\C(=O)SC2C(CCC3CCCCC32)C1=O. The van der Waals surface area contributed by atoms with Gasteiger partial charge in [0.2, 0.25) is 10.2 Å². The Balaban J connectivity index is 1.12. The van der Waals surface area contributed by atoms with Gasteiger partial charge < -0.3 is 5.11 Å². The Labute approximate surface area is 228 Å². The van der Waals surface area contributed by atoms with Crippen LogP contribution in [0.4, 0.5) is 0 Å². The highest BCUT2D eigenvalue weighted by atomic mass is 32.2. The Morgan fingerprint density at radius 1 is 0.649 bits per heavy atom. The topological polar surface area (TPSA) is 71.4 Å². The molecule has 4 saturated carbocycles. The van der Waals surface area contributed by atoms with E-state index in [-0.39, 0.29) is 44.1 Å². The molecule has 6 aliphatic rings. The highest BCUT2D eigenvalue weighted by Gasteiger charge is 2.49. The summed E-state index contributed by atoms with van der Waals surface area (Å²) in [4.78, 5) is 39.1. The van der Waals surface area contributed by atoms with E-state index < -0.39 is 0 Å². The van der Waals surface area contributed by atoms with E-state index in [0.29, 0.717) is 34.8 Å². The first-order chi connectivity index (χ1) is 18.0. The summed E-state index contributed by atoms with van der Waals surface area (Å²) in [6.45, 7) is 0. The molecule has 0 radical (unpaired) electrons. The second-order valence-corrected chi connectivity index (χ2v) is 14.3. The second kappa shape index (κ2) is 10.9. The predicted molar refractivity (Wildman–Crippen MR) is 150 cm³/mol. The normalized spacial score (nSPS) is 41.6. The van der Waals surface area contributed by atoms with E-state index in [0.717, 1.165) is 32.1 Å². The highest BCUT2D eigenvalue weighted by Crippen LogP contribution is 2.53. The van der Waals surface area contributed by atoms with Crippen molar-refractivity contribution in [1.82, 2.24) is 0 Å². The Bertz CT molecular complexity index is 1080. The summed E-state index contributed by atoms with van der Waals surface area (Å²) in [6.07, 6.45) is 22.6. The number of rotatable bonds is 3. The van der Waals surface area contributed by atoms with Crippen LogP contribution in [0.3, 0.4) is 0 Å². The Morgan fingerprint density at radius 2 is 1.24 bits per heavy atom. The summed E-state index contributed by atoms with van der Waals surface area (Å²) in [6, 6.07) is 0. The summed E-state index contributed by atoms with van der Waals surface area (Å²) >= 11 is 2.84. The van der Waals surface area contributed by atoms with Gasteiger partial charge in [-0.05, 0) is 74.3 Å². The molecule has 4 nitrogen and oxygen atoms in total. The van der Waals surface area contributed by atoms with Crippen molar-refractivity contribution < 1.29 is 19.5 Å². The van der Waals surface area contributed by atoms with Gasteiger partial charge in [-0.25, -0.2) is 0 Å². The molecule has 37 heavy (non-hydrogen) atoms. The van der Waals surface area contributed by atoms with E-state index in [9.17, 15) is 19.5 Å². The minimum absolute atomic E-state index is 0.0231. The van der Waals surface area contributed by atoms with Crippen molar-refractivity contribution in [2.45, 2.75) is 87.5 Å². The van der Waals surface area contributed by atoms with E-state index in [1.54, 1.807) is 30.4 Å². The molecule has 5 fully saturated rings. The van der Waals surface area contributed by atoms with Crippen LogP contribution in [0, 0.1) is 35.5 Å². The van der Waals surface area contributed by atoms with Gasteiger partial charge in [0.25, 0.3) is 0 Å². The lowest BCUT2D eigenvalue weighted by atomic mass is 9.65. The monoisotopic (exact) mass is 538 g/mol. The lowest BCUT2D eigenvalue weighted by molar-refractivity contribution is -0.123. The molecule has 6 heteroatoms. The van der Waals surface area contributed by atoms with Crippen LogP contribution >= 0.6 is 23.5 Å². The molecule has 198 valence electrons. The van der Waals surface area contributed by atoms with E-state index in [4.69, 9.17) is 0 Å². The zero-order valence-electron chi connectivity index (χ0n) is 21.5. The number of Topliss-reactive ketones (excluding diaryl/α,β-unsaturated/α-hetero) is 1. The fraction of sp³-hybridized carbons (Fsp3) is 0.645. The van der Waals surface area contributed by atoms with Crippen LogP contribution in [0.2, 0.25) is 0 Å². The van der Waals surface area contributed by atoms with Crippen molar-refractivity contribution in [1.29, 1.82) is 0 Å². The number of hydrogen-bond donors (Lipinski definition) is 1. The van der Waals surface area contributed by atoms with Crippen LogP contribution in [0.25, 0.3) is 0 Å². The maximum atomic E-state index is 13.2. The number of carbonyl (C=O) groups is 3. The second-order valence-electron chi connectivity index (χ2n) is 12.0. The predicted octanol–water partition coefficient (Wildman–Crippen LogP) is 7.12. The van der Waals surface area contributed by atoms with Crippen LogP contribution in [0.15, 0.2) is 47.3 Å². The lowest BCUT2D eigenvalue weighted by Crippen LogP contribution is -2.46. The third-order valence-corrected chi connectivity index (χ3v) is 12.9. The number of carbonyl (C=O) groups excluding carboxylic acids is 3. The number of ketones is 1. The minimum atomic E-state index is -0.0883. The molecule has 2 heterocycles. The third kappa shape index (κ3) is 4.86. The van der Waals surface area contributed by atoms with Crippen LogP contribution in [0.5, 0.6) is 0 Å². The van der Waals surface area contributed by atoms with E-state index in [1.165, 1.54) is 68.5 Å². The van der Waals surface area contributed by atoms with Gasteiger partial charge in [0.15, 0.2) is 5.78 Å². The highest BCUT2D eigenvalue weighted by molar-refractivity contribution is 8.15. The van der Waals surface area contributed by atoms with Gasteiger partial charge in [0, 0.05) is 22.3 Å². The summed E-state index contributed by atoms with van der Waals surface area (Å²) in [5, 5.41) is 11.3. The zero-order valence-corrected chi connectivity index (χ0v) is 23.1. The first-order valence-electron chi connectivity index (χ1n) is 14.5. The molecule has 8 atom stereocenters. The van der Waals surface area contributed by atoms with Gasteiger partial charge in [0.05, 0.1) is 11.1 Å². The van der Waals surface area contributed by atoms with Gasteiger partial charge in [-0.2, -0.15) is 0 Å². The van der Waals surface area contributed by atoms with Crippen LogP contribution in [-0.2, 0) is 14.4 Å². The average molecular weight is 539 g/mol. The Kier molecular flexibility index (Phi) is 7.59. The molecule has 6 rings (SSSR count). The van der Waals surface area contributed by atoms with Crippen molar-refractivity contribution in [3.63, 3.8) is 0 Å². The fourth-order valence-corrected chi connectivity index (χ4v) is 11.3. The van der Waals surface area contributed by atoms with Gasteiger partial charge in [-0.15, -0.1) is 0 Å². The van der Waals surface area contributed by atoms with Crippen LogP contribution in [0.1, 0.15) is 77.0 Å². The zero-order chi connectivity index (χ0) is 25.5. The van der Waals surface area contributed by atoms with E-state index in [2.05, 4.69) is 0 Å². The summed E-state index contributed by atoms with van der Waals surface area (Å²) in [5.41, 5.74) is 0.717. The quantitative estimate of drug-likeness (QED) is 0.234. The Hall–Kier alpha value is -1.53. The molecule has 2 aliphatic heterocycles. The first kappa shape index (κ1) is 25.7. The van der Waals surface area contributed by atoms with Gasteiger partial charge in [0.1, 0.15) is 5.76 Å². The molecule has 0 aromatic heterocycles. The lowest BCUT2D eigenvalue weighted by Gasteiger charge is -2.46. The molecule has 0 aromatic rings. The molecule has 4 aliphatic carbocycles. The smallest absolute Gasteiger partial charge is 0.223 e. The summed E-state index contributed by atoms with van der Waals surface area (Å²) in [5.74, 6) is 2.82. The largest absolute Gasteiger partial charge is 0.511 e. The number of allylic oxidation sites excluding steroid dienone is 6. The summed E-state index contributed by atoms with van der Waals surface area (Å²) in [7, 11) is 0. The van der Waals surface area contributed by atoms with Gasteiger partial charge in [-0.1, -0.05) is 80.3 Å². The maximum Gasteiger partial charge on any atom is 0.223 e. The maximum absolute atomic E-state index is 13.2. The van der Waals surface area contributed by atoms with Crippen molar-refractivity contribution in [2.24, 2.45) is 35.5 Å². The molecule has 0 aromatic carbocycles. The van der Waals surface area contributed by atoms with Crippen LogP contribution in [-0.4, -0.2) is 31.6 Å². The average Bonchev–Trinajstić information content (AvgIpc) is 2.91. The summed E-state index contributed by atoms with van der Waals surface area (Å²) < 4.78 is 0. The molecule has 0 spiro atoms. The molecule has 1 saturated heterocycles. The van der Waals surface area contributed by atoms with E-state index >= 15 is 0 Å². The fourth-order valence-electron chi connectivity index (χ4n) is 8.33. The standard InChI is InChI=1S/C31H38O4S2/c32-26-22-16-14-18-8-4-6-10-20(18)28(22)36-30(34)24(26)12-2-1-3-13-25-27(33)23-17-15-19-9-5-7-11-21(19)29(23)37-31(25)35/h1-3,12-13,18-23,28-29,32H,4-11,14-17H2/b3-1?,12-2?,25-13-. The molecular formula is C31H38O4S2. The van der Waals surface area contributed by atoms with Crippen LogP contribution < -0.4 is 0 Å². The van der Waals surface area contributed by atoms with E-state index in [1.807, 2.05) is 0 Å². The van der Waals surface area contributed by atoms with Gasteiger partial charge in [-0.3, -0.25) is 14.4 Å². The molecular weight excluding hydrogens is 500 g/mol. The number of aliphatic hydroxyl groups is 1. The number of thioether (sulfide) groups is 2. The number of aliphatic hydroxyl groups excluding tert-OH is 1. The minimum Gasteiger partial charge on any atom is -0.511 e. The molecule has 0 bridgehead atoms. The molecule has 1 N–H and O–H groups in total. The van der Waals surface area contributed by atoms with Gasteiger partial charge >= 0.3 is 0 Å². The van der Waals surface area contributed by atoms with Crippen molar-refractivity contribution in [2.75, 3.05) is 0 Å². The van der Waals surface area contributed by atoms with Crippen molar-refractivity contribution in [3.05, 3.63) is 47.3 Å². The third-order valence-electron chi connectivity index (χ3n) is 10.2. The first-order valence-corrected chi connectivity index (χ1v) is 16.2. The molecule has 0 amide bonds. The Morgan fingerprint density at radius 3 is 1.95 bits per heavy atom. The van der Waals surface area contributed by atoms with Crippen molar-refractivity contribution >= 4 is 39.5 Å². The number of hydrogen-bond acceptors (Lipinski definition) is 6. The molecule has 8 unspecified atom stereocenters. The number of fused-ring (bicyclic) bond motifs is 6. The van der Waals surface area contributed by atoms with Crippen molar-refractivity contribution in [3.8, 4) is 0 Å².